The second-order valence-corrected chi connectivity index (χ2v) is 7.08. The summed E-state index contributed by atoms with van der Waals surface area (Å²) in [7, 11) is 0. The Morgan fingerprint density at radius 2 is 1.90 bits per heavy atom. The minimum Gasteiger partial charge on any atom is -0.335 e. The summed E-state index contributed by atoms with van der Waals surface area (Å²) in [6.07, 6.45) is 0. The van der Waals surface area contributed by atoms with E-state index in [1.54, 1.807) is 25.1 Å². The maximum absolute atomic E-state index is 13.2. The molecule has 2 heterocycles. The first-order valence-corrected chi connectivity index (χ1v) is 9.24. The van der Waals surface area contributed by atoms with E-state index in [9.17, 15) is 14.9 Å². The zero-order valence-corrected chi connectivity index (χ0v) is 16.6. The number of pyridine rings is 1. The molecule has 0 aliphatic rings. The van der Waals surface area contributed by atoms with Crippen LogP contribution in [0.2, 0.25) is 0 Å². The van der Waals surface area contributed by atoms with Crippen molar-refractivity contribution in [3.05, 3.63) is 81.0 Å². The quantitative estimate of drug-likeness (QED) is 0.381. The summed E-state index contributed by atoms with van der Waals surface area (Å²) in [5.74, 6) is -0.339. The van der Waals surface area contributed by atoms with Crippen LogP contribution in [-0.2, 0) is 0 Å². The van der Waals surface area contributed by atoms with Gasteiger partial charge in [0.25, 0.3) is 17.3 Å². The van der Waals surface area contributed by atoms with Crippen molar-refractivity contribution in [1.82, 2.24) is 10.1 Å². The van der Waals surface area contributed by atoms with Crippen LogP contribution in [0.25, 0.3) is 22.4 Å². The first-order chi connectivity index (χ1) is 14.3. The Bertz CT molecular complexity index is 1310. The number of benzene rings is 2. The molecule has 0 atom stereocenters. The molecule has 0 saturated heterocycles. The second kappa shape index (κ2) is 7.40. The average Bonchev–Trinajstić information content (AvgIpc) is 3.11. The zero-order valence-electron chi connectivity index (χ0n) is 16.6. The highest BCUT2D eigenvalue weighted by Crippen LogP contribution is 2.29. The third-order valence-electron chi connectivity index (χ3n) is 4.86. The van der Waals surface area contributed by atoms with Crippen LogP contribution >= 0.6 is 0 Å². The van der Waals surface area contributed by atoms with Crippen molar-refractivity contribution >= 4 is 28.4 Å². The van der Waals surface area contributed by atoms with Gasteiger partial charge in [0, 0.05) is 23.4 Å². The fraction of sp³-hybridized carbons (Fsp3) is 0.136. The molecule has 0 fully saturated rings. The van der Waals surface area contributed by atoms with Gasteiger partial charge in [-0.05, 0) is 44.0 Å². The highest BCUT2D eigenvalue weighted by atomic mass is 16.6. The number of nitrogens with zero attached hydrogens (tertiary/aromatic N) is 3. The van der Waals surface area contributed by atoms with Gasteiger partial charge in [-0.25, -0.2) is 4.98 Å². The number of fused-ring (bicyclic) bond motifs is 1. The Morgan fingerprint density at radius 1 is 1.10 bits per heavy atom. The lowest BCUT2D eigenvalue weighted by atomic mass is 10.0. The maximum atomic E-state index is 13.2. The Hall–Kier alpha value is -4.07. The van der Waals surface area contributed by atoms with E-state index in [4.69, 9.17) is 4.52 Å². The molecule has 30 heavy (non-hydrogen) atoms. The van der Waals surface area contributed by atoms with E-state index in [-0.39, 0.29) is 17.3 Å². The number of nitro benzene ring substituents is 1. The van der Waals surface area contributed by atoms with Crippen LogP contribution in [0.4, 0.5) is 11.4 Å². The van der Waals surface area contributed by atoms with Crippen LogP contribution < -0.4 is 5.32 Å². The summed E-state index contributed by atoms with van der Waals surface area (Å²) in [4.78, 5) is 28.3. The summed E-state index contributed by atoms with van der Waals surface area (Å²) in [6.45, 7) is 5.59. The van der Waals surface area contributed by atoms with Gasteiger partial charge in [-0.1, -0.05) is 29.4 Å². The van der Waals surface area contributed by atoms with Crippen molar-refractivity contribution in [1.29, 1.82) is 0 Å². The van der Waals surface area contributed by atoms with E-state index >= 15 is 0 Å². The third-order valence-corrected chi connectivity index (χ3v) is 4.86. The van der Waals surface area contributed by atoms with E-state index in [1.807, 2.05) is 32.0 Å². The van der Waals surface area contributed by atoms with Crippen molar-refractivity contribution in [2.75, 3.05) is 5.32 Å². The van der Waals surface area contributed by atoms with Gasteiger partial charge in [0.15, 0.2) is 0 Å². The molecule has 1 N–H and O–H groups in total. The van der Waals surface area contributed by atoms with E-state index in [0.717, 1.165) is 11.1 Å². The van der Waals surface area contributed by atoms with Crippen molar-refractivity contribution in [2.24, 2.45) is 0 Å². The van der Waals surface area contributed by atoms with Crippen LogP contribution in [-0.4, -0.2) is 21.0 Å². The number of amides is 1. The highest BCUT2D eigenvalue weighted by molar-refractivity contribution is 6.13. The van der Waals surface area contributed by atoms with Gasteiger partial charge < -0.3 is 9.84 Å². The number of anilines is 1. The summed E-state index contributed by atoms with van der Waals surface area (Å²) in [5, 5.41) is 18.5. The predicted octanol–water partition coefficient (Wildman–Crippen LogP) is 4.98. The zero-order chi connectivity index (χ0) is 21.4. The fourth-order valence-corrected chi connectivity index (χ4v) is 3.26. The number of non-ortho nitro benzene ring substituents is 1. The van der Waals surface area contributed by atoms with E-state index < -0.39 is 4.92 Å². The fourth-order valence-electron chi connectivity index (χ4n) is 3.26. The molecular weight excluding hydrogens is 384 g/mol. The molecule has 0 saturated carbocycles. The van der Waals surface area contributed by atoms with Crippen molar-refractivity contribution in [2.45, 2.75) is 20.8 Å². The molecule has 4 rings (SSSR count). The van der Waals surface area contributed by atoms with Crippen LogP contribution in [0.15, 0.2) is 53.1 Å². The normalized spacial score (nSPS) is 10.9. The summed E-state index contributed by atoms with van der Waals surface area (Å²) in [5.41, 5.74) is 4.54. The Morgan fingerprint density at radius 3 is 2.67 bits per heavy atom. The van der Waals surface area contributed by atoms with Gasteiger partial charge in [-0.2, -0.15) is 0 Å². The monoisotopic (exact) mass is 402 g/mol. The lowest BCUT2D eigenvalue weighted by Crippen LogP contribution is -2.14. The first-order valence-electron chi connectivity index (χ1n) is 9.24. The first kappa shape index (κ1) is 19.3. The van der Waals surface area contributed by atoms with E-state index in [1.165, 1.54) is 12.1 Å². The molecular formula is C22H18N4O4. The lowest BCUT2D eigenvalue weighted by molar-refractivity contribution is -0.384. The standard InChI is InChI=1S/C22H18N4O4/c1-12-7-8-13(2)18(9-12)23-21(27)17-11-19(24-22-20(17)14(3)25-30-22)15-5-4-6-16(10-15)26(28)29/h4-11H,1-3H3,(H,23,27). The molecule has 0 aliphatic heterocycles. The Labute approximate surface area is 171 Å². The van der Waals surface area contributed by atoms with Gasteiger partial charge in [-0.15, -0.1) is 0 Å². The molecule has 0 radical (unpaired) electrons. The van der Waals surface area contributed by atoms with Gasteiger partial charge in [0.05, 0.1) is 27.3 Å². The van der Waals surface area contributed by atoms with E-state index in [0.29, 0.717) is 33.6 Å². The van der Waals surface area contributed by atoms with Crippen LogP contribution in [0, 0.1) is 30.9 Å². The van der Waals surface area contributed by atoms with Crippen LogP contribution in [0.3, 0.4) is 0 Å². The molecule has 150 valence electrons. The average molecular weight is 402 g/mol. The number of carbonyl (C=O) groups excluding carboxylic acids is 1. The molecule has 0 spiro atoms. The molecule has 0 aliphatic carbocycles. The molecule has 2 aromatic carbocycles. The lowest BCUT2D eigenvalue weighted by Gasteiger charge is -2.11. The predicted molar refractivity (Wildman–Crippen MR) is 113 cm³/mol. The highest BCUT2D eigenvalue weighted by Gasteiger charge is 2.20. The second-order valence-electron chi connectivity index (χ2n) is 7.08. The number of carbonyl (C=O) groups is 1. The van der Waals surface area contributed by atoms with Crippen molar-refractivity contribution < 1.29 is 14.2 Å². The Balaban J connectivity index is 1.83. The molecule has 8 heteroatoms. The molecule has 4 aromatic rings. The number of nitrogens with one attached hydrogen (secondary N) is 1. The number of hydrogen-bond donors (Lipinski definition) is 1. The van der Waals surface area contributed by atoms with Gasteiger partial charge in [0.1, 0.15) is 0 Å². The number of aryl methyl sites for hydroxylation is 3. The van der Waals surface area contributed by atoms with Crippen molar-refractivity contribution in [3.8, 4) is 11.3 Å². The summed E-state index contributed by atoms with van der Waals surface area (Å²) < 4.78 is 5.30. The third kappa shape index (κ3) is 3.50. The largest absolute Gasteiger partial charge is 0.335 e. The topological polar surface area (TPSA) is 111 Å². The Kier molecular flexibility index (Phi) is 4.75. The number of rotatable bonds is 4. The minimum absolute atomic E-state index is 0.0652. The van der Waals surface area contributed by atoms with E-state index in [2.05, 4.69) is 15.5 Å². The molecule has 0 bridgehead atoms. The SMILES string of the molecule is Cc1ccc(C)c(NC(=O)c2cc(-c3cccc([N+](=O)[O-])c3)nc3onc(C)c23)c1. The van der Waals surface area contributed by atoms with Crippen LogP contribution in [0.5, 0.6) is 0 Å². The minimum atomic E-state index is -0.477. The molecule has 2 aromatic heterocycles. The van der Waals surface area contributed by atoms with Crippen molar-refractivity contribution in [3.63, 3.8) is 0 Å². The maximum Gasteiger partial charge on any atom is 0.270 e. The number of hydrogen-bond acceptors (Lipinski definition) is 6. The summed E-state index contributed by atoms with van der Waals surface area (Å²) >= 11 is 0. The number of nitro groups is 1. The van der Waals surface area contributed by atoms with Gasteiger partial charge >= 0.3 is 0 Å². The smallest absolute Gasteiger partial charge is 0.270 e. The number of aromatic nitrogens is 2. The molecule has 1 amide bonds. The van der Waals surface area contributed by atoms with Crippen LogP contribution in [0.1, 0.15) is 27.2 Å². The summed E-state index contributed by atoms with van der Waals surface area (Å²) in [6, 6.07) is 13.5. The molecule has 0 unspecified atom stereocenters. The van der Waals surface area contributed by atoms with Gasteiger partial charge in [-0.3, -0.25) is 14.9 Å². The van der Waals surface area contributed by atoms with Gasteiger partial charge in [0.2, 0.25) is 0 Å². The molecule has 8 nitrogen and oxygen atoms in total.